The molecule has 9 heteroatoms. The summed E-state index contributed by atoms with van der Waals surface area (Å²) in [6.45, 7) is -1.47. The van der Waals surface area contributed by atoms with Gasteiger partial charge in [-0.15, -0.1) is 0 Å². The van der Waals surface area contributed by atoms with Gasteiger partial charge in [-0.3, -0.25) is 0 Å². The zero-order valence-electron chi connectivity index (χ0n) is 16.9. The molecule has 2 rings (SSSR count). The molecule has 0 amide bonds. The van der Waals surface area contributed by atoms with Crippen LogP contribution in [0.4, 0.5) is 0 Å². The minimum absolute atomic E-state index is 0.0331. The van der Waals surface area contributed by atoms with Crippen LogP contribution in [0.5, 0.6) is 0 Å². The van der Waals surface area contributed by atoms with Crippen LogP contribution in [0.15, 0.2) is 60.7 Å². The molecule has 0 saturated carbocycles. The van der Waals surface area contributed by atoms with E-state index in [9.17, 15) is 19.2 Å². The largest absolute Gasteiger partial charge is 0.467 e. The van der Waals surface area contributed by atoms with E-state index in [4.69, 9.17) is 18.9 Å². The first-order valence-corrected chi connectivity index (χ1v) is 9.24. The number of hydrogen-bond acceptors (Lipinski definition) is 9. The van der Waals surface area contributed by atoms with Gasteiger partial charge in [0.05, 0.1) is 7.11 Å². The lowest BCUT2D eigenvalue weighted by atomic mass is 10.2. The van der Waals surface area contributed by atoms with Crippen LogP contribution in [0.25, 0.3) is 0 Å². The topological polar surface area (TPSA) is 114 Å². The Bertz CT molecular complexity index is 865. The minimum Gasteiger partial charge on any atom is -0.467 e. The number of carbonyl (C=O) groups excluding carboxylic acids is 4. The van der Waals surface area contributed by atoms with Gasteiger partial charge in [-0.25, -0.2) is 19.2 Å². The van der Waals surface area contributed by atoms with Gasteiger partial charge in [0.2, 0.25) is 0 Å². The molecular formula is C22H22O9. The lowest BCUT2D eigenvalue weighted by Gasteiger charge is -2.14. The van der Waals surface area contributed by atoms with Gasteiger partial charge in [0, 0.05) is 0 Å². The summed E-state index contributed by atoms with van der Waals surface area (Å²) < 4.78 is 24.2. The molecule has 0 aliphatic carbocycles. The SMILES string of the molecule is COC(=O)[C@H](OCC(=O)OCC(=O)OCc1ccccc1)C(=O)OCc1ccccc1. The van der Waals surface area contributed by atoms with E-state index < -0.39 is 43.2 Å². The van der Waals surface area contributed by atoms with Gasteiger partial charge in [0.1, 0.15) is 19.8 Å². The fourth-order valence-corrected chi connectivity index (χ4v) is 2.26. The zero-order valence-corrected chi connectivity index (χ0v) is 16.9. The highest BCUT2D eigenvalue weighted by Gasteiger charge is 2.31. The molecule has 0 aromatic heterocycles. The van der Waals surface area contributed by atoms with Crippen LogP contribution in [-0.2, 0) is 56.1 Å². The van der Waals surface area contributed by atoms with Crippen LogP contribution in [0.1, 0.15) is 11.1 Å². The van der Waals surface area contributed by atoms with Crippen molar-refractivity contribution in [2.75, 3.05) is 20.3 Å². The summed E-state index contributed by atoms with van der Waals surface area (Å²) in [4.78, 5) is 47.4. The van der Waals surface area contributed by atoms with Gasteiger partial charge < -0.3 is 23.7 Å². The normalized spacial score (nSPS) is 11.1. The standard InChI is InChI=1S/C22H22O9/c1-27-21(25)20(22(26)31-13-17-10-6-3-7-11-17)30-15-19(24)29-14-18(23)28-12-16-8-4-2-5-9-16/h2-11,20H,12-15H2,1H3/t20-/m0/s1. The highest BCUT2D eigenvalue weighted by molar-refractivity contribution is 5.98. The van der Waals surface area contributed by atoms with Crippen LogP contribution < -0.4 is 0 Å². The van der Waals surface area contributed by atoms with Gasteiger partial charge >= 0.3 is 23.9 Å². The van der Waals surface area contributed by atoms with E-state index in [1.165, 1.54) is 0 Å². The fourth-order valence-electron chi connectivity index (χ4n) is 2.26. The van der Waals surface area contributed by atoms with Crippen molar-refractivity contribution in [3.8, 4) is 0 Å². The van der Waals surface area contributed by atoms with Gasteiger partial charge in [0.25, 0.3) is 6.10 Å². The van der Waals surface area contributed by atoms with Crippen molar-refractivity contribution in [2.24, 2.45) is 0 Å². The Morgan fingerprint density at radius 2 is 1.19 bits per heavy atom. The van der Waals surface area contributed by atoms with E-state index in [0.29, 0.717) is 5.56 Å². The summed E-state index contributed by atoms with van der Waals surface area (Å²) in [5, 5.41) is 0. The molecule has 0 N–H and O–H groups in total. The highest BCUT2D eigenvalue weighted by atomic mass is 16.6. The summed E-state index contributed by atoms with van der Waals surface area (Å²) in [6, 6.07) is 17.8. The van der Waals surface area contributed by atoms with Crippen molar-refractivity contribution >= 4 is 23.9 Å². The van der Waals surface area contributed by atoms with Crippen molar-refractivity contribution < 1.29 is 42.9 Å². The Labute approximate surface area is 178 Å². The van der Waals surface area contributed by atoms with Crippen LogP contribution in [0.2, 0.25) is 0 Å². The molecule has 9 nitrogen and oxygen atoms in total. The first kappa shape index (κ1) is 23.6. The van der Waals surface area contributed by atoms with Crippen LogP contribution in [0.3, 0.4) is 0 Å². The van der Waals surface area contributed by atoms with E-state index in [2.05, 4.69) is 4.74 Å². The highest BCUT2D eigenvalue weighted by Crippen LogP contribution is 2.06. The Kier molecular flexibility index (Phi) is 9.70. The third kappa shape index (κ3) is 8.67. The summed E-state index contributed by atoms with van der Waals surface area (Å²) in [5.41, 5.74) is 1.48. The molecule has 1 atom stereocenters. The van der Waals surface area contributed by atoms with Crippen molar-refractivity contribution in [2.45, 2.75) is 19.3 Å². The molecule has 0 bridgehead atoms. The van der Waals surface area contributed by atoms with Crippen molar-refractivity contribution in [3.05, 3.63) is 71.8 Å². The fraction of sp³-hybridized carbons (Fsp3) is 0.273. The number of hydrogen-bond donors (Lipinski definition) is 0. The average molecular weight is 430 g/mol. The van der Waals surface area contributed by atoms with E-state index in [-0.39, 0.29) is 13.2 Å². The molecule has 0 unspecified atom stereocenters. The lowest BCUT2D eigenvalue weighted by Crippen LogP contribution is -2.37. The van der Waals surface area contributed by atoms with Crippen molar-refractivity contribution in [1.82, 2.24) is 0 Å². The van der Waals surface area contributed by atoms with E-state index in [1.54, 1.807) is 54.6 Å². The summed E-state index contributed by atoms with van der Waals surface area (Å²) in [5.74, 6) is -3.79. The smallest absolute Gasteiger partial charge is 0.347 e. The molecule has 164 valence electrons. The molecule has 0 aliphatic heterocycles. The Morgan fingerprint density at radius 3 is 1.74 bits per heavy atom. The van der Waals surface area contributed by atoms with Crippen LogP contribution >= 0.6 is 0 Å². The lowest BCUT2D eigenvalue weighted by molar-refractivity contribution is -0.177. The second kappa shape index (κ2) is 12.8. The summed E-state index contributed by atoms with van der Waals surface area (Å²) in [7, 11) is 1.06. The number of ether oxygens (including phenoxy) is 5. The van der Waals surface area contributed by atoms with Crippen molar-refractivity contribution in [1.29, 1.82) is 0 Å². The van der Waals surface area contributed by atoms with Gasteiger partial charge in [-0.2, -0.15) is 0 Å². The third-order valence-electron chi connectivity index (χ3n) is 3.81. The number of methoxy groups -OCH3 is 1. The number of esters is 4. The number of rotatable bonds is 11. The monoisotopic (exact) mass is 430 g/mol. The zero-order chi connectivity index (χ0) is 22.5. The predicted octanol–water partition coefficient (Wildman–Crippen LogP) is 1.57. The summed E-state index contributed by atoms with van der Waals surface area (Å²) in [6.07, 6.45) is -1.77. The molecule has 2 aromatic carbocycles. The Morgan fingerprint density at radius 1 is 0.677 bits per heavy atom. The van der Waals surface area contributed by atoms with Gasteiger partial charge in [0.15, 0.2) is 6.61 Å². The molecule has 0 spiro atoms. The number of carbonyl (C=O) groups is 4. The van der Waals surface area contributed by atoms with E-state index in [1.807, 2.05) is 6.07 Å². The van der Waals surface area contributed by atoms with Crippen LogP contribution in [0, 0.1) is 0 Å². The quantitative estimate of drug-likeness (QED) is 0.298. The minimum atomic E-state index is -1.77. The predicted molar refractivity (Wildman–Crippen MR) is 105 cm³/mol. The Balaban J connectivity index is 1.74. The maximum absolute atomic E-state index is 12.1. The summed E-state index contributed by atoms with van der Waals surface area (Å²) >= 11 is 0. The molecule has 2 aromatic rings. The Hall–Kier alpha value is -3.72. The third-order valence-corrected chi connectivity index (χ3v) is 3.81. The first-order valence-electron chi connectivity index (χ1n) is 9.24. The number of benzene rings is 2. The molecule has 0 aliphatic rings. The van der Waals surface area contributed by atoms with Gasteiger partial charge in [-0.1, -0.05) is 60.7 Å². The molecule has 0 fully saturated rings. The second-order valence-electron chi connectivity index (χ2n) is 6.11. The molecule has 0 saturated heterocycles. The molecular weight excluding hydrogens is 408 g/mol. The first-order chi connectivity index (χ1) is 15.0. The maximum atomic E-state index is 12.1. The average Bonchev–Trinajstić information content (AvgIpc) is 2.81. The molecule has 0 heterocycles. The molecule has 0 radical (unpaired) electrons. The van der Waals surface area contributed by atoms with E-state index in [0.717, 1.165) is 12.7 Å². The maximum Gasteiger partial charge on any atom is 0.347 e. The van der Waals surface area contributed by atoms with Crippen molar-refractivity contribution in [3.63, 3.8) is 0 Å². The van der Waals surface area contributed by atoms with Crippen LogP contribution in [-0.4, -0.2) is 50.3 Å². The second-order valence-corrected chi connectivity index (χ2v) is 6.11. The van der Waals surface area contributed by atoms with E-state index >= 15 is 0 Å². The van der Waals surface area contributed by atoms with Gasteiger partial charge in [-0.05, 0) is 11.1 Å². The molecule has 31 heavy (non-hydrogen) atoms.